The smallest absolute Gasteiger partial charge is 0.416 e. The largest absolute Gasteiger partial charge is 0.445 e. The SMILES string of the molecule is CC1=NN(c2ccc(C(F)(F)F)cc2)C(=O)C1C(=O)Nc1cccc(-c2ncco2)c1. The van der Waals surface area contributed by atoms with Gasteiger partial charge in [0, 0.05) is 11.3 Å². The van der Waals surface area contributed by atoms with Crippen LogP contribution in [0.1, 0.15) is 12.5 Å². The van der Waals surface area contributed by atoms with Gasteiger partial charge >= 0.3 is 6.18 Å². The van der Waals surface area contributed by atoms with E-state index in [9.17, 15) is 22.8 Å². The van der Waals surface area contributed by atoms with Gasteiger partial charge in [-0.1, -0.05) is 6.07 Å². The molecule has 0 saturated carbocycles. The molecule has 2 heterocycles. The summed E-state index contributed by atoms with van der Waals surface area (Å²) in [6.45, 7) is 1.51. The predicted octanol–water partition coefficient (Wildman–Crippen LogP) is 4.34. The van der Waals surface area contributed by atoms with E-state index in [0.717, 1.165) is 29.3 Å². The maximum atomic E-state index is 12.8. The number of carbonyl (C=O) groups excluding carboxylic acids is 2. The molecule has 1 unspecified atom stereocenters. The highest BCUT2D eigenvalue weighted by atomic mass is 19.4. The van der Waals surface area contributed by atoms with Gasteiger partial charge in [-0.3, -0.25) is 9.59 Å². The van der Waals surface area contributed by atoms with Crippen LogP contribution in [0.25, 0.3) is 11.5 Å². The normalized spacial score (nSPS) is 16.4. The molecule has 7 nitrogen and oxygen atoms in total. The summed E-state index contributed by atoms with van der Waals surface area (Å²) < 4.78 is 43.5. The Morgan fingerprint density at radius 3 is 2.55 bits per heavy atom. The number of hydrogen-bond donors (Lipinski definition) is 1. The van der Waals surface area contributed by atoms with E-state index in [4.69, 9.17) is 4.42 Å². The lowest BCUT2D eigenvalue weighted by molar-refractivity contribution is -0.137. The van der Waals surface area contributed by atoms with E-state index < -0.39 is 29.5 Å². The zero-order chi connectivity index (χ0) is 22.2. The highest BCUT2D eigenvalue weighted by Crippen LogP contribution is 2.32. The van der Waals surface area contributed by atoms with Crippen LogP contribution >= 0.6 is 0 Å². The third-order valence-corrected chi connectivity index (χ3v) is 4.64. The molecule has 0 aliphatic carbocycles. The van der Waals surface area contributed by atoms with E-state index in [-0.39, 0.29) is 11.4 Å². The highest BCUT2D eigenvalue weighted by Gasteiger charge is 2.40. The molecule has 1 N–H and O–H groups in total. The van der Waals surface area contributed by atoms with Crippen molar-refractivity contribution in [1.82, 2.24) is 4.98 Å². The van der Waals surface area contributed by atoms with Crippen LogP contribution in [0.15, 0.2) is 70.5 Å². The minimum absolute atomic E-state index is 0.138. The van der Waals surface area contributed by atoms with Crippen LogP contribution in [0, 0.1) is 5.92 Å². The standard InChI is InChI=1S/C21H15F3N4O3/c1-12-17(18(29)26-15-4-2-3-13(11-15)19-25-9-10-31-19)20(30)28(27-12)16-7-5-14(6-8-16)21(22,23)24/h2-11,17H,1H3,(H,26,29). The third-order valence-electron chi connectivity index (χ3n) is 4.64. The minimum atomic E-state index is -4.49. The van der Waals surface area contributed by atoms with Gasteiger partial charge in [0.2, 0.25) is 11.8 Å². The van der Waals surface area contributed by atoms with Crippen LogP contribution in [0.4, 0.5) is 24.5 Å². The monoisotopic (exact) mass is 428 g/mol. The van der Waals surface area contributed by atoms with Gasteiger partial charge in [0.25, 0.3) is 5.91 Å². The molecule has 4 rings (SSSR count). The van der Waals surface area contributed by atoms with E-state index >= 15 is 0 Å². The lowest BCUT2D eigenvalue weighted by atomic mass is 10.0. The summed E-state index contributed by atoms with van der Waals surface area (Å²) in [6, 6.07) is 10.7. The summed E-state index contributed by atoms with van der Waals surface area (Å²) in [4.78, 5) is 29.6. The quantitative estimate of drug-likeness (QED) is 0.627. The molecule has 0 saturated heterocycles. The number of hydrogen-bond acceptors (Lipinski definition) is 5. The highest BCUT2D eigenvalue weighted by molar-refractivity contribution is 6.28. The molecule has 0 bridgehead atoms. The van der Waals surface area contributed by atoms with Gasteiger partial charge in [0.05, 0.1) is 23.2 Å². The van der Waals surface area contributed by atoms with Crippen LogP contribution < -0.4 is 10.3 Å². The molecule has 158 valence electrons. The molecule has 1 aliphatic heterocycles. The van der Waals surface area contributed by atoms with Crippen molar-refractivity contribution in [3.05, 3.63) is 66.6 Å². The number of aromatic nitrogens is 1. The second-order valence-corrected chi connectivity index (χ2v) is 6.78. The van der Waals surface area contributed by atoms with Gasteiger partial charge in [-0.25, -0.2) is 4.98 Å². The topological polar surface area (TPSA) is 87.8 Å². The molecule has 2 amide bonds. The fraction of sp³-hybridized carbons (Fsp3) is 0.143. The van der Waals surface area contributed by atoms with Gasteiger partial charge in [-0.2, -0.15) is 23.3 Å². The van der Waals surface area contributed by atoms with Crippen molar-refractivity contribution >= 4 is 28.9 Å². The second kappa shape index (κ2) is 7.71. The molecule has 31 heavy (non-hydrogen) atoms. The zero-order valence-electron chi connectivity index (χ0n) is 16.1. The first kappa shape index (κ1) is 20.3. The van der Waals surface area contributed by atoms with Crippen molar-refractivity contribution in [2.75, 3.05) is 10.3 Å². The first-order valence-corrected chi connectivity index (χ1v) is 9.11. The maximum absolute atomic E-state index is 12.8. The number of amides is 2. The number of hydrazone groups is 1. The van der Waals surface area contributed by atoms with Crippen LogP contribution in [0.2, 0.25) is 0 Å². The van der Waals surface area contributed by atoms with Crippen molar-refractivity contribution in [2.24, 2.45) is 11.0 Å². The van der Waals surface area contributed by atoms with Crippen LogP contribution in [-0.4, -0.2) is 22.5 Å². The summed E-state index contributed by atoms with van der Waals surface area (Å²) in [5, 5.41) is 7.66. The number of nitrogens with zero attached hydrogens (tertiary/aromatic N) is 3. The number of benzene rings is 2. The maximum Gasteiger partial charge on any atom is 0.416 e. The first-order valence-electron chi connectivity index (χ1n) is 9.11. The number of anilines is 2. The van der Waals surface area contributed by atoms with E-state index in [2.05, 4.69) is 15.4 Å². The van der Waals surface area contributed by atoms with Crippen LogP contribution in [0.5, 0.6) is 0 Å². The zero-order valence-corrected chi connectivity index (χ0v) is 16.1. The van der Waals surface area contributed by atoms with Crippen molar-refractivity contribution < 1.29 is 27.2 Å². The summed E-state index contributed by atoms with van der Waals surface area (Å²) in [5.74, 6) is -2.09. The number of oxazole rings is 1. The van der Waals surface area contributed by atoms with Gasteiger partial charge in [-0.05, 0) is 49.4 Å². The van der Waals surface area contributed by atoms with E-state index in [1.165, 1.54) is 19.4 Å². The fourth-order valence-electron chi connectivity index (χ4n) is 3.15. The third kappa shape index (κ3) is 4.04. The van der Waals surface area contributed by atoms with Gasteiger partial charge < -0.3 is 9.73 Å². The van der Waals surface area contributed by atoms with E-state index in [1.807, 2.05) is 0 Å². The minimum Gasteiger partial charge on any atom is -0.445 e. The van der Waals surface area contributed by atoms with Crippen molar-refractivity contribution in [3.63, 3.8) is 0 Å². The Bertz CT molecular complexity index is 1160. The Kier molecular flexibility index (Phi) is 5.05. The van der Waals surface area contributed by atoms with Crippen molar-refractivity contribution in [3.8, 4) is 11.5 Å². The number of halogens is 3. The Morgan fingerprint density at radius 1 is 1.16 bits per heavy atom. The summed E-state index contributed by atoms with van der Waals surface area (Å²) in [7, 11) is 0. The van der Waals surface area contributed by atoms with Crippen molar-refractivity contribution in [1.29, 1.82) is 0 Å². The Hall–Kier alpha value is -3.95. The Labute approximate surface area is 174 Å². The van der Waals surface area contributed by atoms with Crippen LogP contribution in [-0.2, 0) is 15.8 Å². The lowest BCUT2D eigenvalue weighted by Crippen LogP contribution is -2.36. The Balaban J connectivity index is 1.51. The summed E-state index contributed by atoms with van der Waals surface area (Å²) in [6.07, 6.45) is -1.57. The molecular formula is C21H15F3N4O3. The first-order chi connectivity index (χ1) is 14.7. The predicted molar refractivity (Wildman–Crippen MR) is 106 cm³/mol. The lowest BCUT2D eigenvalue weighted by Gasteiger charge is -2.15. The molecule has 1 aliphatic rings. The molecule has 10 heteroatoms. The molecule has 0 fully saturated rings. The van der Waals surface area contributed by atoms with Gasteiger partial charge in [0.1, 0.15) is 6.26 Å². The van der Waals surface area contributed by atoms with E-state index in [1.54, 1.807) is 24.3 Å². The molecular weight excluding hydrogens is 413 g/mol. The average Bonchev–Trinajstić information content (AvgIpc) is 3.36. The molecule has 0 radical (unpaired) electrons. The average molecular weight is 428 g/mol. The van der Waals surface area contributed by atoms with Gasteiger partial charge in [0.15, 0.2) is 5.92 Å². The molecule has 0 spiro atoms. The summed E-state index contributed by atoms with van der Waals surface area (Å²) in [5.41, 5.74) is 0.584. The molecule has 1 atom stereocenters. The second-order valence-electron chi connectivity index (χ2n) is 6.78. The number of alkyl halides is 3. The molecule has 2 aromatic carbocycles. The fourth-order valence-corrected chi connectivity index (χ4v) is 3.15. The number of nitrogens with one attached hydrogen (secondary N) is 1. The van der Waals surface area contributed by atoms with Crippen molar-refractivity contribution in [2.45, 2.75) is 13.1 Å². The van der Waals surface area contributed by atoms with Crippen LogP contribution in [0.3, 0.4) is 0 Å². The van der Waals surface area contributed by atoms with Gasteiger partial charge in [-0.15, -0.1) is 0 Å². The number of rotatable bonds is 4. The molecule has 3 aromatic rings. The van der Waals surface area contributed by atoms with E-state index in [0.29, 0.717) is 17.1 Å². The summed E-state index contributed by atoms with van der Waals surface area (Å²) >= 11 is 0. The molecule has 1 aromatic heterocycles. The number of carbonyl (C=O) groups is 2. The Morgan fingerprint density at radius 2 is 1.90 bits per heavy atom.